The third-order valence-corrected chi connectivity index (χ3v) is 7.87. The molecule has 1 fully saturated rings. The average molecular weight is 489 g/mol. The zero-order chi connectivity index (χ0) is 24.3. The molecule has 4 aromatic rings. The predicted octanol–water partition coefficient (Wildman–Crippen LogP) is 3.71. The molecule has 3 N–H and O–H groups in total. The molecule has 9 heteroatoms. The van der Waals surface area contributed by atoms with Crippen LogP contribution in [0.1, 0.15) is 19.3 Å². The number of nitrogens with two attached hydrogens (primary N) is 1. The van der Waals surface area contributed by atoms with Crippen LogP contribution in [0.25, 0.3) is 33.2 Å². The van der Waals surface area contributed by atoms with Gasteiger partial charge in [0.15, 0.2) is 0 Å². The number of benzene rings is 1. The molecule has 1 aliphatic rings. The highest BCUT2D eigenvalue weighted by atomic mass is 32.2. The van der Waals surface area contributed by atoms with Crippen LogP contribution in [0.5, 0.6) is 0 Å². The first kappa shape index (κ1) is 23.3. The number of hydrogen-bond acceptors (Lipinski definition) is 7. The Kier molecular flexibility index (Phi) is 6.72. The monoisotopic (exact) mass is 488 g/mol. The molecule has 35 heavy (non-hydrogen) atoms. The maximum absolute atomic E-state index is 13.0. The Hall–Kier alpha value is -3.40. The molecule has 0 radical (unpaired) electrons. The second-order valence-electron chi connectivity index (χ2n) is 8.73. The lowest BCUT2D eigenvalue weighted by atomic mass is 9.98. The van der Waals surface area contributed by atoms with Crippen LogP contribution in [-0.4, -0.2) is 54.4 Å². The van der Waals surface area contributed by atoms with Crippen molar-refractivity contribution in [2.75, 3.05) is 31.9 Å². The molecule has 0 bridgehead atoms. The molecule has 3 aromatic heterocycles. The maximum atomic E-state index is 13.0. The lowest BCUT2D eigenvalue weighted by molar-refractivity contribution is 0.334. The quantitative estimate of drug-likeness (QED) is 0.364. The number of nitrogen functional groups attached to an aromatic ring is 1. The normalized spacial score (nSPS) is 14.5. The number of anilines is 1. The van der Waals surface area contributed by atoms with Gasteiger partial charge in [-0.1, -0.05) is 6.07 Å². The number of nitrogens with one attached hydrogen (secondary N) is 1. The molecule has 1 aliphatic heterocycles. The molecule has 0 saturated carbocycles. The van der Waals surface area contributed by atoms with Gasteiger partial charge in [-0.05, 0) is 92.0 Å². The number of sulfonamides is 1. The highest BCUT2D eigenvalue weighted by Crippen LogP contribution is 2.32. The molecular formula is C26H28N6O2S. The maximum Gasteiger partial charge on any atom is 0.244 e. The van der Waals surface area contributed by atoms with Crippen molar-refractivity contribution in [1.29, 1.82) is 0 Å². The number of pyridine rings is 3. The molecular weight excluding hydrogens is 460 g/mol. The zero-order valence-corrected chi connectivity index (χ0v) is 20.2. The Morgan fingerprint density at radius 1 is 0.914 bits per heavy atom. The Morgan fingerprint density at radius 3 is 2.51 bits per heavy atom. The van der Waals surface area contributed by atoms with E-state index in [9.17, 15) is 8.42 Å². The summed E-state index contributed by atoms with van der Waals surface area (Å²) in [7, 11) is -3.79. The topological polar surface area (TPSA) is 114 Å². The van der Waals surface area contributed by atoms with E-state index in [1.54, 1.807) is 30.9 Å². The fourth-order valence-corrected chi connectivity index (χ4v) is 5.71. The van der Waals surface area contributed by atoms with E-state index in [0.717, 1.165) is 53.6 Å². The number of rotatable bonds is 8. The highest BCUT2D eigenvalue weighted by Gasteiger charge is 2.20. The Morgan fingerprint density at radius 2 is 1.71 bits per heavy atom. The van der Waals surface area contributed by atoms with Gasteiger partial charge < -0.3 is 10.6 Å². The fraction of sp³-hybridized carbons (Fsp3) is 0.269. The number of aromatic nitrogens is 3. The van der Waals surface area contributed by atoms with Crippen LogP contribution in [0.3, 0.4) is 0 Å². The molecule has 1 saturated heterocycles. The fourth-order valence-electron chi connectivity index (χ4n) is 4.53. The van der Waals surface area contributed by atoms with E-state index in [4.69, 9.17) is 5.73 Å². The van der Waals surface area contributed by atoms with Crippen LogP contribution in [0.4, 0.5) is 5.82 Å². The van der Waals surface area contributed by atoms with Crippen molar-refractivity contribution >= 4 is 26.7 Å². The van der Waals surface area contributed by atoms with Gasteiger partial charge in [0.25, 0.3) is 0 Å². The minimum Gasteiger partial charge on any atom is -0.383 e. The molecule has 1 aromatic carbocycles. The summed E-state index contributed by atoms with van der Waals surface area (Å²) >= 11 is 0. The van der Waals surface area contributed by atoms with Gasteiger partial charge in [-0.15, -0.1) is 0 Å². The SMILES string of the molecule is Nc1ncc(-c2ccc3nccc(-c4ccncc4)c3c2)cc1S(=O)(=O)NCCCN1CCCC1. The molecule has 180 valence electrons. The van der Waals surface area contributed by atoms with E-state index in [0.29, 0.717) is 12.1 Å². The van der Waals surface area contributed by atoms with Crippen molar-refractivity contribution in [3.05, 3.63) is 67.3 Å². The second-order valence-corrected chi connectivity index (χ2v) is 10.5. The van der Waals surface area contributed by atoms with E-state index in [1.807, 2.05) is 36.4 Å². The number of nitrogens with zero attached hydrogens (tertiary/aromatic N) is 4. The third-order valence-electron chi connectivity index (χ3n) is 6.38. The van der Waals surface area contributed by atoms with Gasteiger partial charge in [0, 0.05) is 42.3 Å². The Bertz CT molecular complexity index is 1440. The van der Waals surface area contributed by atoms with E-state index in [1.165, 1.54) is 12.8 Å². The number of fused-ring (bicyclic) bond motifs is 1. The second kappa shape index (κ2) is 10.1. The summed E-state index contributed by atoms with van der Waals surface area (Å²) in [4.78, 5) is 15.1. The van der Waals surface area contributed by atoms with Gasteiger partial charge in [0.05, 0.1) is 5.52 Å². The van der Waals surface area contributed by atoms with Crippen molar-refractivity contribution in [1.82, 2.24) is 24.6 Å². The summed E-state index contributed by atoms with van der Waals surface area (Å²) < 4.78 is 28.7. The molecule has 0 unspecified atom stereocenters. The molecule has 0 atom stereocenters. The molecule has 5 rings (SSSR count). The van der Waals surface area contributed by atoms with E-state index in [-0.39, 0.29) is 10.7 Å². The molecule has 0 spiro atoms. The first-order chi connectivity index (χ1) is 17.0. The van der Waals surface area contributed by atoms with Crippen LogP contribution >= 0.6 is 0 Å². The standard InChI is InChI=1S/C26H28N6O2S/c27-26-25(35(33,34)31-9-3-15-32-13-1-2-14-32)17-21(18-30-26)20-4-5-24-23(16-20)22(8-12-29-24)19-6-10-28-11-7-19/h4-8,10-12,16-18,31H,1-3,9,13-15H2,(H2,27,30). The lowest BCUT2D eigenvalue weighted by Crippen LogP contribution is -2.29. The Labute approximate surface area is 205 Å². The van der Waals surface area contributed by atoms with Crippen LogP contribution < -0.4 is 10.5 Å². The summed E-state index contributed by atoms with van der Waals surface area (Å²) in [6.45, 7) is 3.44. The number of likely N-dealkylation sites (tertiary alicyclic amines) is 1. The lowest BCUT2D eigenvalue weighted by Gasteiger charge is -2.15. The van der Waals surface area contributed by atoms with Gasteiger partial charge in [-0.3, -0.25) is 9.97 Å². The smallest absolute Gasteiger partial charge is 0.244 e. The summed E-state index contributed by atoms with van der Waals surface area (Å²) in [6.07, 6.45) is 10.1. The van der Waals surface area contributed by atoms with Crippen LogP contribution in [-0.2, 0) is 10.0 Å². The van der Waals surface area contributed by atoms with Crippen molar-refractivity contribution in [2.24, 2.45) is 0 Å². The van der Waals surface area contributed by atoms with Crippen molar-refractivity contribution < 1.29 is 8.42 Å². The first-order valence-corrected chi connectivity index (χ1v) is 13.3. The minimum absolute atomic E-state index is 0.00295. The average Bonchev–Trinajstić information content (AvgIpc) is 3.40. The van der Waals surface area contributed by atoms with Crippen LogP contribution in [0, 0.1) is 0 Å². The molecule has 0 aliphatic carbocycles. The van der Waals surface area contributed by atoms with Gasteiger partial charge in [0.1, 0.15) is 10.7 Å². The summed E-state index contributed by atoms with van der Waals surface area (Å²) in [5.74, 6) is -0.0132. The Balaban J connectivity index is 1.42. The van der Waals surface area contributed by atoms with Crippen LogP contribution in [0.15, 0.2) is 72.1 Å². The highest BCUT2D eigenvalue weighted by molar-refractivity contribution is 7.89. The van der Waals surface area contributed by atoms with Crippen molar-refractivity contribution in [2.45, 2.75) is 24.2 Å². The summed E-state index contributed by atoms with van der Waals surface area (Å²) in [5, 5.41) is 0.956. The van der Waals surface area contributed by atoms with Crippen LogP contribution in [0.2, 0.25) is 0 Å². The zero-order valence-electron chi connectivity index (χ0n) is 19.4. The molecule has 0 amide bonds. The van der Waals surface area contributed by atoms with Crippen molar-refractivity contribution in [3.8, 4) is 22.3 Å². The largest absolute Gasteiger partial charge is 0.383 e. The number of hydrogen-bond donors (Lipinski definition) is 2. The van der Waals surface area contributed by atoms with Gasteiger partial charge in [-0.25, -0.2) is 18.1 Å². The van der Waals surface area contributed by atoms with E-state index in [2.05, 4.69) is 24.6 Å². The van der Waals surface area contributed by atoms with E-state index < -0.39 is 10.0 Å². The third kappa shape index (κ3) is 5.17. The minimum atomic E-state index is -3.79. The van der Waals surface area contributed by atoms with Gasteiger partial charge in [-0.2, -0.15) is 0 Å². The molecule has 8 nitrogen and oxygen atoms in total. The van der Waals surface area contributed by atoms with Gasteiger partial charge >= 0.3 is 0 Å². The van der Waals surface area contributed by atoms with Gasteiger partial charge in [0.2, 0.25) is 10.0 Å². The molecule has 4 heterocycles. The first-order valence-electron chi connectivity index (χ1n) is 11.8. The van der Waals surface area contributed by atoms with E-state index >= 15 is 0 Å². The van der Waals surface area contributed by atoms with Crippen molar-refractivity contribution in [3.63, 3.8) is 0 Å². The summed E-state index contributed by atoms with van der Waals surface area (Å²) in [6, 6.07) is 13.3. The summed E-state index contributed by atoms with van der Waals surface area (Å²) in [5.41, 5.74) is 10.4. The predicted molar refractivity (Wildman–Crippen MR) is 138 cm³/mol.